The SMILES string of the molecule is Cc1ccc(C[C@@H](C(=O)O)N2CCN(c3ccccc3)CC2)cc1Cl. The molecule has 3 rings (SSSR count). The summed E-state index contributed by atoms with van der Waals surface area (Å²) in [4.78, 5) is 16.2. The molecule has 0 unspecified atom stereocenters. The maximum absolute atomic E-state index is 11.8. The number of carboxylic acids is 1. The molecule has 4 nitrogen and oxygen atoms in total. The Morgan fingerprint density at radius 1 is 1.12 bits per heavy atom. The van der Waals surface area contributed by atoms with Crippen molar-refractivity contribution in [3.05, 3.63) is 64.7 Å². The second-order valence-corrected chi connectivity index (χ2v) is 6.91. The Bertz CT molecular complexity index is 728. The largest absolute Gasteiger partial charge is 0.480 e. The first-order chi connectivity index (χ1) is 12.0. The summed E-state index contributed by atoms with van der Waals surface area (Å²) in [6.07, 6.45) is 0.473. The Morgan fingerprint density at radius 2 is 1.80 bits per heavy atom. The van der Waals surface area contributed by atoms with Crippen LogP contribution in [-0.2, 0) is 11.2 Å². The third kappa shape index (κ3) is 4.33. The monoisotopic (exact) mass is 358 g/mol. The Hall–Kier alpha value is -2.04. The van der Waals surface area contributed by atoms with Gasteiger partial charge in [-0.25, -0.2) is 0 Å². The number of benzene rings is 2. The van der Waals surface area contributed by atoms with Gasteiger partial charge in [0.25, 0.3) is 0 Å². The van der Waals surface area contributed by atoms with Gasteiger partial charge in [-0.2, -0.15) is 0 Å². The van der Waals surface area contributed by atoms with Gasteiger partial charge in [-0.05, 0) is 42.7 Å². The van der Waals surface area contributed by atoms with Gasteiger partial charge in [0.1, 0.15) is 6.04 Å². The zero-order chi connectivity index (χ0) is 17.8. The Balaban J connectivity index is 1.66. The molecule has 132 valence electrons. The first-order valence-electron chi connectivity index (χ1n) is 8.56. The van der Waals surface area contributed by atoms with E-state index in [1.807, 2.05) is 43.3 Å². The van der Waals surface area contributed by atoms with Gasteiger partial charge >= 0.3 is 5.97 Å². The number of carboxylic acid groups (broad SMARTS) is 1. The van der Waals surface area contributed by atoms with E-state index < -0.39 is 12.0 Å². The van der Waals surface area contributed by atoms with Crippen molar-refractivity contribution in [1.82, 2.24) is 4.90 Å². The van der Waals surface area contributed by atoms with Gasteiger partial charge in [0.05, 0.1) is 0 Å². The molecule has 1 heterocycles. The summed E-state index contributed by atoms with van der Waals surface area (Å²) in [6.45, 7) is 5.10. The molecule has 2 aromatic carbocycles. The number of hydrogen-bond acceptors (Lipinski definition) is 3. The van der Waals surface area contributed by atoms with Crippen LogP contribution in [0.4, 0.5) is 5.69 Å². The van der Waals surface area contributed by atoms with E-state index in [4.69, 9.17) is 11.6 Å². The summed E-state index contributed by atoms with van der Waals surface area (Å²) in [7, 11) is 0. The standard InChI is InChI=1S/C20H23ClN2O2/c1-15-7-8-16(13-18(15)21)14-19(20(24)25)23-11-9-22(10-12-23)17-5-3-2-4-6-17/h2-8,13,19H,9-12,14H2,1H3,(H,24,25)/t19-/m0/s1. The Morgan fingerprint density at radius 3 is 2.40 bits per heavy atom. The van der Waals surface area contributed by atoms with Gasteiger partial charge in [0.2, 0.25) is 0 Å². The molecule has 0 spiro atoms. The molecule has 1 atom stereocenters. The maximum atomic E-state index is 11.8. The summed E-state index contributed by atoms with van der Waals surface area (Å²) in [5.41, 5.74) is 3.17. The molecule has 1 aliphatic rings. The predicted octanol–water partition coefficient (Wildman–Crippen LogP) is 3.47. The number of aliphatic carboxylic acids is 1. The van der Waals surface area contributed by atoms with Gasteiger partial charge in [-0.3, -0.25) is 9.69 Å². The summed E-state index contributed by atoms with van der Waals surface area (Å²) in [5, 5.41) is 10.4. The highest BCUT2D eigenvalue weighted by Crippen LogP contribution is 2.21. The van der Waals surface area contributed by atoms with Crippen molar-refractivity contribution in [2.24, 2.45) is 0 Å². The third-order valence-corrected chi connectivity index (χ3v) is 5.23. The Labute approximate surface area is 153 Å². The second-order valence-electron chi connectivity index (χ2n) is 6.50. The summed E-state index contributed by atoms with van der Waals surface area (Å²) in [6, 6.07) is 15.5. The van der Waals surface area contributed by atoms with Gasteiger partial charge in [0.15, 0.2) is 0 Å². The van der Waals surface area contributed by atoms with Gasteiger partial charge in [-0.1, -0.05) is 41.9 Å². The third-order valence-electron chi connectivity index (χ3n) is 4.83. The molecule has 0 amide bonds. The zero-order valence-corrected chi connectivity index (χ0v) is 15.1. The van der Waals surface area contributed by atoms with Crippen molar-refractivity contribution in [2.75, 3.05) is 31.1 Å². The molecule has 0 radical (unpaired) electrons. The van der Waals surface area contributed by atoms with E-state index in [0.29, 0.717) is 11.4 Å². The lowest BCUT2D eigenvalue weighted by Crippen LogP contribution is -2.53. The number of para-hydroxylation sites is 1. The quantitative estimate of drug-likeness (QED) is 0.888. The first kappa shape index (κ1) is 17.8. The molecule has 0 bridgehead atoms. The van der Waals surface area contributed by atoms with Gasteiger partial charge in [-0.15, -0.1) is 0 Å². The van der Waals surface area contributed by atoms with Crippen LogP contribution in [0.5, 0.6) is 0 Å². The number of halogens is 1. The molecule has 1 fully saturated rings. The molecule has 1 N–H and O–H groups in total. The number of carbonyl (C=O) groups is 1. The molecule has 25 heavy (non-hydrogen) atoms. The highest BCUT2D eigenvalue weighted by Gasteiger charge is 2.29. The van der Waals surface area contributed by atoms with Crippen LogP contribution in [0, 0.1) is 6.92 Å². The number of aryl methyl sites for hydroxylation is 1. The number of piperazine rings is 1. The smallest absolute Gasteiger partial charge is 0.321 e. The van der Waals surface area contributed by atoms with Gasteiger partial charge in [0, 0.05) is 36.9 Å². The van der Waals surface area contributed by atoms with Crippen LogP contribution in [-0.4, -0.2) is 48.2 Å². The van der Waals surface area contributed by atoms with Crippen molar-refractivity contribution in [3.63, 3.8) is 0 Å². The lowest BCUT2D eigenvalue weighted by Gasteiger charge is -2.38. The minimum Gasteiger partial charge on any atom is -0.480 e. The number of hydrogen-bond donors (Lipinski definition) is 1. The average Bonchev–Trinajstić information content (AvgIpc) is 2.63. The van der Waals surface area contributed by atoms with Crippen LogP contribution in [0.25, 0.3) is 0 Å². The molecule has 2 aromatic rings. The van der Waals surface area contributed by atoms with Crippen LogP contribution in [0.3, 0.4) is 0 Å². The van der Waals surface area contributed by atoms with Crippen LogP contribution >= 0.6 is 11.6 Å². The fourth-order valence-electron chi connectivity index (χ4n) is 3.29. The van der Waals surface area contributed by atoms with Crippen molar-refractivity contribution in [2.45, 2.75) is 19.4 Å². The van der Waals surface area contributed by atoms with Crippen LogP contribution in [0.1, 0.15) is 11.1 Å². The fraction of sp³-hybridized carbons (Fsp3) is 0.350. The number of rotatable bonds is 5. The number of nitrogens with zero attached hydrogens (tertiary/aromatic N) is 2. The molecule has 1 aliphatic heterocycles. The first-order valence-corrected chi connectivity index (χ1v) is 8.94. The lowest BCUT2D eigenvalue weighted by atomic mass is 10.0. The summed E-state index contributed by atoms with van der Waals surface area (Å²) in [5.74, 6) is -0.773. The van der Waals surface area contributed by atoms with Crippen LogP contribution < -0.4 is 4.90 Å². The van der Waals surface area contributed by atoms with Gasteiger partial charge < -0.3 is 10.0 Å². The minimum atomic E-state index is -0.773. The molecular weight excluding hydrogens is 336 g/mol. The average molecular weight is 359 g/mol. The van der Waals surface area contributed by atoms with Crippen LogP contribution in [0.15, 0.2) is 48.5 Å². The molecule has 1 saturated heterocycles. The van der Waals surface area contributed by atoms with Crippen molar-refractivity contribution >= 4 is 23.3 Å². The number of anilines is 1. The normalized spacial score (nSPS) is 16.6. The topological polar surface area (TPSA) is 43.8 Å². The highest BCUT2D eigenvalue weighted by molar-refractivity contribution is 6.31. The molecule has 5 heteroatoms. The summed E-state index contributed by atoms with van der Waals surface area (Å²) < 4.78 is 0. The molecule has 0 aliphatic carbocycles. The molecule has 0 saturated carbocycles. The van der Waals surface area contributed by atoms with Crippen molar-refractivity contribution in [3.8, 4) is 0 Å². The van der Waals surface area contributed by atoms with E-state index in [9.17, 15) is 9.90 Å². The van der Waals surface area contributed by atoms with E-state index in [0.717, 1.165) is 37.3 Å². The van der Waals surface area contributed by atoms with Crippen molar-refractivity contribution < 1.29 is 9.90 Å². The van der Waals surface area contributed by atoms with Crippen LogP contribution in [0.2, 0.25) is 5.02 Å². The van der Waals surface area contributed by atoms with Crippen molar-refractivity contribution in [1.29, 1.82) is 0 Å². The van der Waals surface area contributed by atoms with E-state index in [1.165, 1.54) is 5.69 Å². The minimum absolute atomic E-state index is 0.473. The van der Waals surface area contributed by atoms with E-state index in [2.05, 4.69) is 21.9 Å². The lowest BCUT2D eigenvalue weighted by molar-refractivity contribution is -0.143. The van der Waals surface area contributed by atoms with E-state index in [1.54, 1.807) is 0 Å². The van der Waals surface area contributed by atoms with E-state index in [-0.39, 0.29) is 0 Å². The summed E-state index contributed by atoms with van der Waals surface area (Å²) >= 11 is 6.18. The highest BCUT2D eigenvalue weighted by atomic mass is 35.5. The predicted molar refractivity (Wildman–Crippen MR) is 102 cm³/mol. The second kappa shape index (κ2) is 7.89. The zero-order valence-electron chi connectivity index (χ0n) is 14.4. The van der Waals surface area contributed by atoms with E-state index >= 15 is 0 Å². The maximum Gasteiger partial charge on any atom is 0.321 e. The Kier molecular flexibility index (Phi) is 5.61. The fourth-order valence-corrected chi connectivity index (χ4v) is 3.49. The molecule has 0 aromatic heterocycles. The molecular formula is C20H23ClN2O2.